The molecule has 2 aliphatic heterocycles. The van der Waals surface area contributed by atoms with Gasteiger partial charge in [-0.25, -0.2) is 9.78 Å². The minimum absolute atomic E-state index is 0.0156. The number of amides is 1. The number of piperidine rings is 1. The van der Waals surface area contributed by atoms with Crippen LogP contribution in [-0.2, 0) is 9.47 Å². The van der Waals surface area contributed by atoms with Crippen molar-refractivity contribution in [3.8, 4) is 11.8 Å². The molecule has 0 aliphatic carbocycles. The Kier molecular flexibility index (Phi) is 7.26. The van der Waals surface area contributed by atoms with E-state index in [0.29, 0.717) is 17.6 Å². The second kappa shape index (κ2) is 9.69. The molecule has 1 aromatic heterocycles. The van der Waals surface area contributed by atoms with Crippen LogP contribution in [0.5, 0.6) is 0 Å². The average molecular weight is 420 g/mol. The first-order valence-corrected chi connectivity index (χ1v) is 10.7. The van der Waals surface area contributed by atoms with Crippen LogP contribution in [0.1, 0.15) is 52.0 Å². The molecule has 2 aliphatic rings. The molecule has 1 atom stereocenters. The van der Waals surface area contributed by atoms with E-state index in [-0.39, 0.29) is 12.1 Å². The Bertz CT molecular complexity index is 776. The minimum Gasteiger partial charge on any atom is -0.444 e. The van der Waals surface area contributed by atoms with E-state index in [0.717, 1.165) is 56.7 Å². The van der Waals surface area contributed by atoms with Crippen molar-refractivity contribution in [2.75, 3.05) is 31.2 Å². The Labute approximate surface area is 178 Å². The molecule has 1 N–H and O–H groups in total. The highest BCUT2D eigenvalue weighted by molar-refractivity contribution is 6.29. The first-order valence-electron chi connectivity index (χ1n) is 10.3. The zero-order valence-corrected chi connectivity index (χ0v) is 18.2. The molecular formula is C22H30ClN3O3. The number of pyridine rings is 1. The lowest BCUT2D eigenvalue weighted by Crippen LogP contribution is -2.49. The Morgan fingerprint density at radius 3 is 2.83 bits per heavy atom. The molecule has 0 aromatic carbocycles. The van der Waals surface area contributed by atoms with Gasteiger partial charge in [-0.2, -0.15) is 0 Å². The summed E-state index contributed by atoms with van der Waals surface area (Å²) in [5.74, 6) is 7.05. The number of hydrogen-bond acceptors (Lipinski definition) is 5. The summed E-state index contributed by atoms with van der Waals surface area (Å²) >= 11 is 6.19. The summed E-state index contributed by atoms with van der Waals surface area (Å²) in [5.41, 5.74) is 1.34. The fraction of sp³-hybridized carbons (Fsp3) is 0.636. The molecule has 2 fully saturated rings. The SMILES string of the molecule is CC(C)(C)OC(=O)N[C@H]1CCCN(c2cc(Cl)ncc2C#CC2CCOCC2)C1. The Hall–Kier alpha value is -1.97. The zero-order chi connectivity index (χ0) is 20.9. The number of aromatic nitrogens is 1. The van der Waals surface area contributed by atoms with E-state index in [9.17, 15) is 4.79 Å². The maximum absolute atomic E-state index is 12.2. The number of hydrogen-bond donors (Lipinski definition) is 1. The Morgan fingerprint density at radius 1 is 1.34 bits per heavy atom. The molecule has 29 heavy (non-hydrogen) atoms. The lowest BCUT2D eigenvalue weighted by Gasteiger charge is -2.35. The van der Waals surface area contributed by atoms with Crippen molar-refractivity contribution in [3.63, 3.8) is 0 Å². The third-order valence-electron chi connectivity index (χ3n) is 4.96. The van der Waals surface area contributed by atoms with E-state index in [2.05, 4.69) is 27.0 Å². The van der Waals surface area contributed by atoms with Gasteiger partial charge in [-0.1, -0.05) is 23.4 Å². The van der Waals surface area contributed by atoms with Gasteiger partial charge in [0.1, 0.15) is 10.8 Å². The van der Waals surface area contributed by atoms with Gasteiger partial charge in [0, 0.05) is 50.5 Å². The van der Waals surface area contributed by atoms with Gasteiger partial charge in [-0.3, -0.25) is 0 Å². The van der Waals surface area contributed by atoms with E-state index < -0.39 is 5.60 Å². The topological polar surface area (TPSA) is 63.7 Å². The van der Waals surface area contributed by atoms with Crippen LogP contribution in [0.15, 0.2) is 12.3 Å². The van der Waals surface area contributed by atoms with E-state index in [4.69, 9.17) is 21.1 Å². The van der Waals surface area contributed by atoms with E-state index >= 15 is 0 Å². The number of ether oxygens (including phenoxy) is 2. The van der Waals surface area contributed by atoms with E-state index in [1.54, 1.807) is 6.20 Å². The molecule has 3 rings (SSSR count). The fourth-order valence-corrected chi connectivity index (χ4v) is 3.74. The third-order valence-corrected chi connectivity index (χ3v) is 5.17. The third kappa shape index (κ3) is 6.80. The summed E-state index contributed by atoms with van der Waals surface area (Å²) in [5, 5.41) is 3.43. The molecule has 6 nitrogen and oxygen atoms in total. The number of carbonyl (C=O) groups is 1. The lowest BCUT2D eigenvalue weighted by molar-refractivity contribution is 0.0500. The summed E-state index contributed by atoms with van der Waals surface area (Å²) in [4.78, 5) is 18.6. The number of nitrogens with one attached hydrogen (secondary N) is 1. The standard InChI is InChI=1S/C22H30ClN3O3/c1-22(2,3)29-21(27)25-18-5-4-10-26(15-18)19-13-20(23)24-14-17(19)7-6-16-8-11-28-12-9-16/h13-14,16,18H,4-5,8-12,15H2,1-3H3,(H,25,27)/t18-/m0/s1. The van der Waals surface area contributed by atoms with Crippen LogP contribution in [0.3, 0.4) is 0 Å². The van der Waals surface area contributed by atoms with Crippen molar-refractivity contribution in [2.24, 2.45) is 5.92 Å². The monoisotopic (exact) mass is 419 g/mol. The van der Waals surface area contributed by atoms with Crippen LogP contribution in [0.2, 0.25) is 5.15 Å². The molecule has 0 bridgehead atoms. The van der Waals surface area contributed by atoms with Crippen LogP contribution in [-0.4, -0.2) is 49.0 Å². The Balaban J connectivity index is 1.71. The fourth-order valence-electron chi connectivity index (χ4n) is 3.59. The van der Waals surface area contributed by atoms with Crippen molar-refractivity contribution < 1.29 is 14.3 Å². The normalized spacial score (nSPS) is 20.6. The number of carbonyl (C=O) groups excluding carboxylic acids is 1. The van der Waals surface area contributed by atoms with E-state index in [1.165, 1.54) is 0 Å². The highest BCUT2D eigenvalue weighted by Crippen LogP contribution is 2.26. The highest BCUT2D eigenvalue weighted by atomic mass is 35.5. The van der Waals surface area contributed by atoms with Crippen molar-refractivity contribution >= 4 is 23.4 Å². The van der Waals surface area contributed by atoms with Crippen LogP contribution in [0.4, 0.5) is 10.5 Å². The summed E-state index contributed by atoms with van der Waals surface area (Å²) in [7, 11) is 0. The molecule has 0 radical (unpaired) electrons. The predicted molar refractivity (Wildman–Crippen MR) is 114 cm³/mol. The van der Waals surface area contributed by atoms with Gasteiger partial charge >= 0.3 is 6.09 Å². The zero-order valence-electron chi connectivity index (χ0n) is 17.5. The molecule has 7 heteroatoms. The number of nitrogens with zero attached hydrogens (tertiary/aromatic N) is 2. The first-order chi connectivity index (χ1) is 13.8. The number of alkyl carbamates (subject to hydrolysis) is 1. The van der Waals surface area contributed by atoms with Crippen LogP contribution in [0, 0.1) is 17.8 Å². The number of rotatable bonds is 2. The van der Waals surface area contributed by atoms with Crippen LogP contribution >= 0.6 is 11.6 Å². The molecule has 0 spiro atoms. The molecule has 2 saturated heterocycles. The van der Waals surface area contributed by atoms with Gasteiger partial charge < -0.3 is 19.7 Å². The van der Waals surface area contributed by atoms with Crippen LogP contribution < -0.4 is 10.2 Å². The van der Waals surface area contributed by atoms with Gasteiger partial charge in [-0.05, 0) is 46.5 Å². The van der Waals surface area contributed by atoms with Crippen molar-refractivity contribution in [1.29, 1.82) is 0 Å². The Morgan fingerprint density at radius 2 is 2.10 bits per heavy atom. The quantitative estimate of drug-likeness (QED) is 0.579. The van der Waals surface area contributed by atoms with Gasteiger partial charge in [0.2, 0.25) is 0 Å². The molecule has 1 amide bonds. The largest absolute Gasteiger partial charge is 0.444 e. The van der Waals surface area contributed by atoms with Gasteiger partial charge in [-0.15, -0.1) is 0 Å². The molecule has 158 valence electrons. The van der Waals surface area contributed by atoms with Gasteiger partial charge in [0.05, 0.1) is 11.3 Å². The first kappa shape index (κ1) is 21.7. The number of anilines is 1. The van der Waals surface area contributed by atoms with Crippen molar-refractivity contribution in [3.05, 3.63) is 23.0 Å². The lowest BCUT2D eigenvalue weighted by atomic mass is 10.00. The summed E-state index contributed by atoms with van der Waals surface area (Å²) in [6.45, 7) is 8.71. The maximum atomic E-state index is 12.2. The van der Waals surface area contributed by atoms with Gasteiger partial charge in [0.25, 0.3) is 0 Å². The van der Waals surface area contributed by atoms with Gasteiger partial charge in [0.15, 0.2) is 0 Å². The molecular weight excluding hydrogens is 390 g/mol. The second-order valence-electron chi connectivity index (χ2n) is 8.61. The van der Waals surface area contributed by atoms with Crippen molar-refractivity contribution in [1.82, 2.24) is 10.3 Å². The molecule has 1 aromatic rings. The van der Waals surface area contributed by atoms with Crippen molar-refractivity contribution in [2.45, 2.75) is 58.1 Å². The molecule has 0 saturated carbocycles. The van der Waals surface area contributed by atoms with E-state index in [1.807, 2.05) is 26.8 Å². The summed E-state index contributed by atoms with van der Waals surface area (Å²) in [6, 6.07) is 1.88. The molecule has 3 heterocycles. The second-order valence-corrected chi connectivity index (χ2v) is 9.00. The summed E-state index contributed by atoms with van der Waals surface area (Å²) < 4.78 is 10.8. The highest BCUT2D eigenvalue weighted by Gasteiger charge is 2.25. The predicted octanol–water partition coefficient (Wildman–Crippen LogP) is 4.01. The smallest absolute Gasteiger partial charge is 0.407 e. The maximum Gasteiger partial charge on any atom is 0.407 e. The average Bonchev–Trinajstić information content (AvgIpc) is 2.66. The number of halogens is 1. The summed E-state index contributed by atoms with van der Waals surface area (Å²) in [6.07, 6.45) is 5.18. The minimum atomic E-state index is -0.510. The van der Waals surface area contributed by atoms with Crippen LogP contribution in [0.25, 0.3) is 0 Å². The molecule has 0 unspecified atom stereocenters.